The molecule has 2 heteroatoms. The zero-order valence-corrected chi connectivity index (χ0v) is 8.97. The molecule has 0 radical (unpaired) electrons. The predicted octanol–water partition coefficient (Wildman–Crippen LogP) is 3.80. The Hall–Kier alpha value is -2.09. The first-order valence-corrected chi connectivity index (χ1v) is 5.24. The Kier molecular flexibility index (Phi) is 2.00. The van der Waals surface area contributed by atoms with Crippen LogP contribution >= 0.6 is 0 Å². The van der Waals surface area contributed by atoms with Gasteiger partial charge in [0.1, 0.15) is 11.8 Å². The van der Waals surface area contributed by atoms with Crippen LogP contribution in [0.3, 0.4) is 0 Å². The van der Waals surface area contributed by atoms with Crippen molar-refractivity contribution in [3.63, 3.8) is 0 Å². The highest BCUT2D eigenvalue weighted by molar-refractivity contribution is 5.90. The lowest BCUT2D eigenvalue weighted by atomic mass is 10.1. The number of rotatable bonds is 1. The van der Waals surface area contributed by atoms with Gasteiger partial charge in [-0.3, -0.25) is 4.98 Å². The van der Waals surface area contributed by atoms with E-state index in [1.807, 2.05) is 12.1 Å². The monoisotopic (exact) mass is 209 g/mol. The Balaban J connectivity index is 2.22. The van der Waals surface area contributed by atoms with Crippen molar-refractivity contribution in [3.8, 4) is 11.1 Å². The van der Waals surface area contributed by atoms with Crippen LogP contribution in [0.4, 0.5) is 0 Å². The van der Waals surface area contributed by atoms with Crippen LogP contribution in [0.25, 0.3) is 22.2 Å². The second kappa shape index (κ2) is 3.49. The molecule has 3 aromatic rings. The molecule has 78 valence electrons. The quantitative estimate of drug-likeness (QED) is 0.609. The van der Waals surface area contributed by atoms with E-state index in [2.05, 4.69) is 36.2 Å². The van der Waals surface area contributed by atoms with E-state index in [9.17, 15) is 0 Å². The first-order valence-electron chi connectivity index (χ1n) is 5.24. The Morgan fingerprint density at radius 1 is 1.06 bits per heavy atom. The average molecular weight is 209 g/mol. The van der Waals surface area contributed by atoms with Crippen LogP contribution < -0.4 is 0 Å². The molecule has 0 aliphatic heterocycles. The Bertz CT molecular complexity index is 623. The molecule has 0 bridgehead atoms. The summed E-state index contributed by atoms with van der Waals surface area (Å²) in [5.41, 5.74) is 5.20. The van der Waals surface area contributed by atoms with Crippen LogP contribution in [0.2, 0.25) is 0 Å². The summed E-state index contributed by atoms with van der Waals surface area (Å²) < 4.78 is 5.47. The molecule has 0 saturated heterocycles. The molecular weight excluding hydrogens is 198 g/mol. The van der Waals surface area contributed by atoms with Crippen LogP contribution in [0.15, 0.2) is 53.3 Å². The second-order valence-corrected chi connectivity index (χ2v) is 3.87. The lowest BCUT2D eigenvalue weighted by Gasteiger charge is -1.98. The molecule has 1 aromatic carbocycles. The van der Waals surface area contributed by atoms with Gasteiger partial charge in [-0.25, -0.2) is 0 Å². The van der Waals surface area contributed by atoms with Gasteiger partial charge in [-0.05, 0) is 24.6 Å². The van der Waals surface area contributed by atoms with Crippen LogP contribution in [-0.2, 0) is 0 Å². The summed E-state index contributed by atoms with van der Waals surface area (Å²) in [6.45, 7) is 2.08. The molecule has 0 aliphatic carbocycles. The molecule has 0 amide bonds. The number of fused-ring (bicyclic) bond motifs is 1. The van der Waals surface area contributed by atoms with Crippen molar-refractivity contribution < 1.29 is 4.42 Å². The van der Waals surface area contributed by atoms with Gasteiger partial charge in [0.05, 0.1) is 0 Å². The molecule has 0 atom stereocenters. The average Bonchev–Trinajstić information content (AvgIpc) is 2.74. The smallest absolute Gasteiger partial charge is 0.152 e. The highest BCUT2D eigenvalue weighted by Crippen LogP contribution is 2.28. The fourth-order valence-electron chi connectivity index (χ4n) is 1.80. The van der Waals surface area contributed by atoms with Crippen molar-refractivity contribution in [3.05, 3.63) is 54.4 Å². The van der Waals surface area contributed by atoms with Crippen LogP contribution in [0.5, 0.6) is 0 Å². The van der Waals surface area contributed by atoms with Crippen molar-refractivity contribution in [2.45, 2.75) is 6.92 Å². The van der Waals surface area contributed by atoms with Gasteiger partial charge in [-0.2, -0.15) is 0 Å². The largest absolute Gasteiger partial charge is 0.462 e. The van der Waals surface area contributed by atoms with Gasteiger partial charge in [0.25, 0.3) is 0 Å². The number of aromatic nitrogens is 1. The van der Waals surface area contributed by atoms with Crippen LogP contribution in [-0.4, -0.2) is 4.98 Å². The summed E-state index contributed by atoms with van der Waals surface area (Å²) in [5.74, 6) is 0. The summed E-state index contributed by atoms with van der Waals surface area (Å²) in [6, 6.07) is 12.2. The third-order valence-corrected chi connectivity index (χ3v) is 2.69. The maximum absolute atomic E-state index is 5.47. The van der Waals surface area contributed by atoms with Crippen molar-refractivity contribution in [2.24, 2.45) is 0 Å². The minimum Gasteiger partial charge on any atom is -0.462 e. The number of aryl methyl sites for hydroxylation is 1. The predicted molar refractivity (Wildman–Crippen MR) is 64.2 cm³/mol. The van der Waals surface area contributed by atoms with E-state index in [-0.39, 0.29) is 0 Å². The lowest BCUT2D eigenvalue weighted by Crippen LogP contribution is -1.78. The van der Waals surface area contributed by atoms with Crippen LogP contribution in [0, 0.1) is 6.92 Å². The first-order chi connectivity index (χ1) is 7.84. The van der Waals surface area contributed by atoms with E-state index in [0.29, 0.717) is 0 Å². The SMILES string of the molecule is Cc1ccc(-c2coc3cccnc23)cc1. The van der Waals surface area contributed by atoms with E-state index in [1.165, 1.54) is 5.56 Å². The molecule has 0 fully saturated rings. The number of benzene rings is 1. The molecular formula is C14H11NO. The molecule has 3 rings (SSSR count). The maximum atomic E-state index is 5.47. The standard InChI is InChI=1S/C14H11NO/c1-10-4-6-11(7-5-10)12-9-16-13-3-2-8-15-14(12)13/h2-9H,1H3. The summed E-state index contributed by atoms with van der Waals surface area (Å²) in [4.78, 5) is 4.35. The summed E-state index contributed by atoms with van der Waals surface area (Å²) in [6.07, 6.45) is 3.55. The van der Waals surface area contributed by atoms with E-state index in [1.54, 1.807) is 12.5 Å². The van der Waals surface area contributed by atoms with E-state index in [0.717, 1.165) is 22.2 Å². The second-order valence-electron chi connectivity index (χ2n) is 3.87. The Labute approximate surface area is 93.5 Å². The van der Waals surface area contributed by atoms with E-state index < -0.39 is 0 Å². The fraction of sp³-hybridized carbons (Fsp3) is 0.0714. The summed E-state index contributed by atoms with van der Waals surface area (Å²) in [7, 11) is 0. The Morgan fingerprint density at radius 2 is 1.88 bits per heavy atom. The van der Waals surface area contributed by atoms with E-state index >= 15 is 0 Å². The summed E-state index contributed by atoms with van der Waals surface area (Å²) >= 11 is 0. The summed E-state index contributed by atoms with van der Waals surface area (Å²) in [5, 5.41) is 0. The molecule has 0 spiro atoms. The number of furan rings is 1. The maximum Gasteiger partial charge on any atom is 0.152 e. The van der Waals surface area contributed by atoms with Gasteiger partial charge in [0, 0.05) is 11.8 Å². The lowest BCUT2D eigenvalue weighted by molar-refractivity contribution is 0.616. The van der Waals surface area contributed by atoms with Crippen molar-refractivity contribution in [1.29, 1.82) is 0 Å². The molecule has 2 nitrogen and oxygen atoms in total. The number of nitrogens with zero attached hydrogens (tertiary/aromatic N) is 1. The van der Waals surface area contributed by atoms with Crippen molar-refractivity contribution >= 4 is 11.1 Å². The minimum absolute atomic E-state index is 0.832. The van der Waals surface area contributed by atoms with Gasteiger partial charge < -0.3 is 4.42 Å². The van der Waals surface area contributed by atoms with Gasteiger partial charge in [0.15, 0.2) is 5.58 Å². The molecule has 2 heterocycles. The third kappa shape index (κ3) is 1.39. The molecule has 0 aliphatic rings. The number of pyridine rings is 1. The van der Waals surface area contributed by atoms with Gasteiger partial charge in [-0.15, -0.1) is 0 Å². The van der Waals surface area contributed by atoms with Gasteiger partial charge >= 0.3 is 0 Å². The molecule has 0 N–H and O–H groups in total. The Morgan fingerprint density at radius 3 is 2.69 bits per heavy atom. The number of hydrogen-bond donors (Lipinski definition) is 0. The molecule has 0 unspecified atom stereocenters. The zero-order chi connectivity index (χ0) is 11.0. The highest BCUT2D eigenvalue weighted by atomic mass is 16.3. The molecule has 0 saturated carbocycles. The zero-order valence-electron chi connectivity index (χ0n) is 8.97. The van der Waals surface area contributed by atoms with Gasteiger partial charge in [-0.1, -0.05) is 29.8 Å². The first kappa shape index (κ1) is 9.16. The minimum atomic E-state index is 0.832. The fourth-order valence-corrected chi connectivity index (χ4v) is 1.80. The topological polar surface area (TPSA) is 26.0 Å². The number of hydrogen-bond acceptors (Lipinski definition) is 2. The molecule has 2 aromatic heterocycles. The normalized spacial score (nSPS) is 10.8. The van der Waals surface area contributed by atoms with Crippen LogP contribution in [0.1, 0.15) is 5.56 Å². The molecule has 16 heavy (non-hydrogen) atoms. The van der Waals surface area contributed by atoms with Gasteiger partial charge in [0.2, 0.25) is 0 Å². The highest BCUT2D eigenvalue weighted by Gasteiger charge is 2.07. The van der Waals surface area contributed by atoms with Crippen molar-refractivity contribution in [1.82, 2.24) is 4.98 Å². The van der Waals surface area contributed by atoms with E-state index in [4.69, 9.17) is 4.42 Å². The third-order valence-electron chi connectivity index (χ3n) is 2.69. The van der Waals surface area contributed by atoms with Crippen molar-refractivity contribution in [2.75, 3.05) is 0 Å².